The van der Waals surface area contributed by atoms with E-state index in [0.717, 1.165) is 43.8 Å². The highest BCUT2D eigenvalue weighted by atomic mass is 79.9. The molecule has 4 rings (SSSR count). The molecule has 0 radical (unpaired) electrons. The van der Waals surface area contributed by atoms with Crippen molar-refractivity contribution in [1.82, 2.24) is 0 Å². The molecule has 96 valence electrons. The van der Waals surface area contributed by atoms with Crippen LogP contribution in [0.2, 0.25) is 0 Å². The average Bonchev–Trinajstić information content (AvgIpc) is 3.05. The van der Waals surface area contributed by atoms with Crippen LogP contribution >= 0.6 is 43.6 Å². The van der Waals surface area contributed by atoms with Crippen LogP contribution < -0.4 is 0 Å². The van der Waals surface area contributed by atoms with Gasteiger partial charge in [-0.1, -0.05) is 31.9 Å². The zero-order valence-electron chi connectivity index (χ0n) is 10.0. The van der Waals surface area contributed by atoms with E-state index >= 15 is 0 Å². The van der Waals surface area contributed by atoms with E-state index in [1.54, 1.807) is 0 Å². The van der Waals surface area contributed by atoms with E-state index in [0.29, 0.717) is 0 Å². The molecule has 0 amide bonds. The highest BCUT2D eigenvalue weighted by Crippen LogP contribution is 2.59. The first-order valence-corrected chi connectivity index (χ1v) is 9.95. The summed E-state index contributed by atoms with van der Waals surface area (Å²) in [6, 6.07) is 0. The fourth-order valence-corrected chi connectivity index (χ4v) is 9.51. The van der Waals surface area contributed by atoms with Gasteiger partial charge in [-0.05, 0) is 62.2 Å². The van der Waals surface area contributed by atoms with Gasteiger partial charge in [0.15, 0.2) is 0 Å². The smallest absolute Gasteiger partial charge is 0.0295 e. The van der Waals surface area contributed by atoms with Gasteiger partial charge in [-0.2, -0.15) is 11.8 Å². The van der Waals surface area contributed by atoms with Crippen LogP contribution in [0, 0.1) is 23.7 Å². The summed E-state index contributed by atoms with van der Waals surface area (Å²) in [6.45, 7) is 0. The van der Waals surface area contributed by atoms with E-state index < -0.39 is 0 Å². The molecule has 0 aromatic rings. The lowest BCUT2D eigenvalue weighted by molar-refractivity contribution is 0.488. The van der Waals surface area contributed by atoms with E-state index in [4.69, 9.17) is 0 Å². The van der Waals surface area contributed by atoms with Crippen LogP contribution in [0.1, 0.15) is 38.5 Å². The standard InChI is InChI=1S/C14H20Br2S/c15-11-7-1-3-9(5-7)13(11)17-14-10-4-2-8(6-10)12(14)16/h7-14H,1-6H2/t7-,8+,9-,10-,11+,12-,13+,14-/m1/s1. The fraction of sp³-hybridized carbons (Fsp3) is 1.00. The summed E-state index contributed by atoms with van der Waals surface area (Å²) in [4.78, 5) is 1.65. The van der Waals surface area contributed by atoms with E-state index in [1.807, 2.05) is 0 Å². The normalized spacial score (nSPS) is 60.4. The van der Waals surface area contributed by atoms with Gasteiger partial charge in [0.25, 0.3) is 0 Å². The van der Waals surface area contributed by atoms with Gasteiger partial charge in [0.2, 0.25) is 0 Å². The summed E-state index contributed by atoms with van der Waals surface area (Å²) in [7, 11) is 0. The van der Waals surface area contributed by atoms with E-state index in [1.165, 1.54) is 38.5 Å². The van der Waals surface area contributed by atoms with Gasteiger partial charge >= 0.3 is 0 Å². The topological polar surface area (TPSA) is 0 Å². The number of rotatable bonds is 2. The Hall–Kier alpha value is 1.31. The number of thioether (sulfide) groups is 1. The van der Waals surface area contributed by atoms with Gasteiger partial charge < -0.3 is 0 Å². The zero-order valence-corrected chi connectivity index (χ0v) is 14.0. The summed E-state index contributed by atoms with van der Waals surface area (Å²) in [5.74, 6) is 4.08. The first kappa shape index (κ1) is 12.1. The van der Waals surface area contributed by atoms with Gasteiger partial charge in [-0.15, -0.1) is 0 Å². The SMILES string of the molecule is Br[C@@H]1[C@H]2CC[C@H](C2)[C@H]1S[C@H]1[C@@H]2CC[C@H](C2)[C@@H]1Br. The maximum Gasteiger partial charge on any atom is 0.0295 e. The van der Waals surface area contributed by atoms with Gasteiger partial charge in [0.1, 0.15) is 0 Å². The zero-order chi connectivity index (χ0) is 11.6. The molecule has 0 saturated heterocycles. The Morgan fingerprint density at radius 3 is 1.41 bits per heavy atom. The number of hydrogen-bond acceptors (Lipinski definition) is 1. The van der Waals surface area contributed by atoms with Crippen LogP contribution in [-0.2, 0) is 0 Å². The Balaban J connectivity index is 1.47. The third-order valence-corrected chi connectivity index (χ3v) is 11.1. The second kappa shape index (κ2) is 4.41. The van der Waals surface area contributed by atoms with Crippen LogP contribution in [0.15, 0.2) is 0 Å². The minimum Gasteiger partial charge on any atom is -0.152 e. The van der Waals surface area contributed by atoms with Crippen LogP contribution in [0.3, 0.4) is 0 Å². The lowest BCUT2D eigenvalue weighted by Crippen LogP contribution is -2.32. The second-order valence-corrected chi connectivity index (χ2v) is 10.1. The number of hydrogen-bond donors (Lipinski definition) is 0. The minimum atomic E-state index is 0.824. The van der Waals surface area contributed by atoms with Crippen LogP contribution in [0.5, 0.6) is 0 Å². The van der Waals surface area contributed by atoms with Crippen LogP contribution in [-0.4, -0.2) is 20.2 Å². The summed E-state index contributed by atoms with van der Waals surface area (Å²) in [5, 5.41) is 1.86. The molecule has 0 N–H and O–H groups in total. The molecule has 4 fully saturated rings. The molecule has 0 nitrogen and oxygen atoms in total. The summed E-state index contributed by atoms with van der Waals surface area (Å²) in [5.41, 5.74) is 0. The minimum absolute atomic E-state index is 0.824. The molecule has 0 aliphatic heterocycles. The van der Waals surface area contributed by atoms with Crippen molar-refractivity contribution in [2.75, 3.05) is 0 Å². The quantitative estimate of drug-likeness (QED) is 0.618. The Labute approximate surface area is 125 Å². The Morgan fingerprint density at radius 1 is 0.647 bits per heavy atom. The van der Waals surface area contributed by atoms with Crippen molar-refractivity contribution in [1.29, 1.82) is 0 Å². The molecule has 0 unspecified atom stereocenters. The molecule has 0 heterocycles. The lowest BCUT2D eigenvalue weighted by atomic mass is 9.99. The maximum atomic E-state index is 4.01. The molecule has 4 aliphatic rings. The summed E-state index contributed by atoms with van der Waals surface area (Å²) in [6.07, 6.45) is 9.04. The van der Waals surface area contributed by atoms with Crippen molar-refractivity contribution in [3.05, 3.63) is 0 Å². The van der Waals surface area contributed by atoms with Gasteiger partial charge in [0, 0.05) is 20.2 Å². The molecule has 4 bridgehead atoms. The van der Waals surface area contributed by atoms with Crippen molar-refractivity contribution >= 4 is 43.6 Å². The predicted octanol–water partition coefficient (Wildman–Crippen LogP) is 4.84. The van der Waals surface area contributed by atoms with Crippen LogP contribution in [0.25, 0.3) is 0 Å². The fourth-order valence-electron chi connectivity index (χ4n) is 4.89. The van der Waals surface area contributed by atoms with Crippen molar-refractivity contribution in [3.8, 4) is 0 Å². The molecule has 0 aromatic carbocycles. The largest absolute Gasteiger partial charge is 0.152 e. The lowest BCUT2D eigenvalue weighted by Gasteiger charge is -2.34. The molecule has 0 aromatic heterocycles. The van der Waals surface area contributed by atoms with Crippen LogP contribution in [0.4, 0.5) is 0 Å². The van der Waals surface area contributed by atoms with E-state index in [2.05, 4.69) is 43.6 Å². The average molecular weight is 380 g/mol. The summed E-state index contributed by atoms with van der Waals surface area (Å²) < 4.78 is 0. The highest BCUT2D eigenvalue weighted by Gasteiger charge is 2.52. The Morgan fingerprint density at radius 2 is 1.06 bits per heavy atom. The summed E-state index contributed by atoms with van der Waals surface area (Å²) >= 11 is 10.4. The van der Waals surface area contributed by atoms with E-state index in [9.17, 15) is 0 Å². The molecule has 0 spiro atoms. The molecule has 8 atom stereocenters. The third-order valence-electron chi connectivity index (χ3n) is 5.80. The van der Waals surface area contributed by atoms with Crippen molar-refractivity contribution in [2.45, 2.75) is 58.7 Å². The van der Waals surface area contributed by atoms with Crippen molar-refractivity contribution in [3.63, 3.8) is 0 Å². The molecular weight excluding hydrogens is 360 g/mol. The molecule has 4 aliphatic carbocycles. The second-order valence-electron chi connectivity index (χ2n) is 6.62. The van der Waals surface area contributed by atoms with E-state index in [-0.39, 0.29) is 0 Å². The Kier molecular flexibility index (Phi) is 3.13. The monoisotopic (exact) mass is 378 g/mol. The highest BCUT2D eigenvalue weighted by molar-refractivity contribution is 9.10. The van der Waals surface area contributed by atoms with Gasteiger partial charge in [0.05, 0.1) is 0 Å². The van der Waals surface area contributed by atoms with Crippen molar-refractivity contribution in [2.24, 2.45) is 23.7 Å². The molecular formula is C14H20Br2S. The number of halogens is 2. The first-order chi connectivity index (χ1) is 8.24. The number of fused-ring (bicyclic) bond motifs is 4. The Bertz CT molecular complexity index is 287. The van der Waals surface area contributed by atoms with Gasteiger partial charge in [-0.3, -0.25) is 0 Å². The molecule has 4 saturated carbocycles. The maximum absolute atomic E-state index is 4.01. The van der Waals surface area contributed by atoms with Crippen molar-refractivity contribution < 1.29 is 0 Å². The van der Waals surface area contributed by atoms with Gasteiger partial charge in [-0.25, -0.2) is 0 Å². The predicted molar refractivity (Wildman–Crippen MR) is 82.3 cm³/mol. The molecule has 3 heteroatoms. The first-order valence-electron chi connectivity index (χ1n) is 7.17. The third kappa shape index (κ3) is 1.81. The number of alkyl halides is 2. The molecule has 17 heavy (non-hydrogen) atoms.